The second-order valence-corrected chi connectivity index (χ2v) is 7.77. The van der Waals surface area contributed by atoms with Crippen LogP contribution in [-0.4, -0.2) is 24.6 Å². The molecule has 0 aromatic carbocycles. The predicted molar refractivity (Wildman–Crippen MR) is 66.0 cm³/mol. The summed E-state index contributed by atoms with van der Waals surface area (Å²) >= 11 is 0. The summed E-state index contributed by atoms with van der Waals surface area (Å²) in [5, 5.41) is 0. The smallest absolute Gasteiger partial charge is 0.348 e. The first kappa shape index (κ1) is 11.7. The molecule has 0 bridgehead atoms. The van der Waals surface area contributed by atoms with Crippen molar-refractivity contribution in [2.75, 3.05) is 6.61 Å². The zero-order valence-corrected chi connectivity index (χ0v) is 11.7. The molecule has 5 atom stereocenters. The first-order chi connectivity index (χ1) is 8.83. The van der Waals surface area contributed by atoms with Gasteiger partial charge in [-0.15, -0.1) is 0 Å². The van der Waals surface area contributed by atoms with Crippen molar-refractivity contribution in [1.82, 2.24) is 0 Å². The van der Waals surface area contributed by atoms with Gasteiger partial charge in [0.05, 0.1) is 12.5 Å². The highest BCUT2D eigenvalue weighted by Gasteiger charge is 2.80. The van der Waals surface area contributed by atoms with Crippen molar-refractivity contribution in [3.05, 3.63) is 0 Å². The third-order valence-electron chi connectivity index (χ3n) is 6.43. The Balaban J connectivity index is 1.97. The van der Waals surface area contributed by atoms with Crippen LogP contribution >= 0.6 is 0 Å². The molecule has 19 heavy (non-hydrogen) atoms. The Bertz CT molecular complexity index is 494. The Morgan fingerprint density at radius 1 is 1.11 bits per heavy atom. The monoisotopic (exact) mass is 264 g/mol. The van der Waals surface area contributed by atoms with Gasteiger partial charge in [0.2, 0.25) is 6.10 Å². The first-order valence-electron chi connectivity index (χ1n) is 7.20. The van der Waals surface area contributed by atoms with E-state index in [0.717, 1.165) is 19.3 Å². The molecular weight excluding hydrogens is 244 g/mol. The van der Waals surface area contributed by atoms with Crippen LogP contribution in [0.3, 0.4) is 0 Å². The minimum absolute atomic E-state index is 0.0953. The molecule has 2 aliphatic carbocycles. The minimum atomic E-state index is -0.655. The van der Waals surface area contributed by atoms with Crippen molar-refractivity contribution in [2.24, 2.45) is 28.1 Å². The van der Waals surface area contributed by atoms with Crippen LogP contribution in [0.4, 0.5) is 0 Å². The number of carbonyl (C=O) groups is 2. The van der Waals surface area contributed by atoms with Crippen LogP contribution in [0.5, 0.6) is 0 Å². The Hall–Kier alpha value is -1.06. The maximum Gasteiger partial charge on any atom is 0.348 e. The highest BCUT2D eigenvalue weighted by molar-refractivity contribution is 5.88. The maximum atomic E-state index is 12.2. The van der Waals surface area contributed by atoms with Crippen molar-refractivity contribution in [2.45, 2.75) is 46.1 Å². The summed E-state index contributed by atoms with van der Waals surface area (Å²) in [6.07, 6.45) is 2.25. The van der Waals surface area contributed by atoms with Crippen LogP contribution in [0, 0.1) is 28.1 Å². The topological polar surface area (TPSA) is 52.6 Å². The quantitative estimate of drug-likeness (QED) is 0.627. The van der Waals surface area contributed by atoms with Gasteiger partial charge in [-0.25, -0.2) is 4.79 Å². The van der Waals surface area contributed by atoms with Gasteiger partial charge in [-0.3, -0.25) is 4.79 Å². The first-order valence-corrected chi connectivity index (χ1v) is 7.20. The summed E-state index contributed by atoms with van der Waals surface area (Å²) < 4.78 is 10.8. The van der Waals surface area contributed by atoms with E-state index in [-0.39, 0.29) is 34.1 Å². The molecule has 4 rings (SSSR count). The fourth-order valence-electron chi connectivity index (χ4n) is 6.23. The van der Waals surface area contributed by atoms with Crippen molar-refractivity contribution >= 4 is 11.9 Å². The number of hydrogen-bond donors (Lipinski definition) is 0. The molecule has 2 heterocycles. The normalized spacial score (nSPS) is 53.5. The van der Waals surface area contributed by atoms with Gasteiger partial charge in [0.25, 0.3) is 0 Å². The number of ether oxygens (including phenoxy) is 2. The fourth-order valence-corrected chi connectivity index (χ4v) is 6.23. The van der Waals surface area contributed by atoms with E-state index < -0.39 is 6.10 Å². The molecule has 4 nitrogen and oxygen atoms in total. The molecule has 0 aromatic heterocycles. The Kier molecular flexibility index (Phi) is 1.85. The average Bonchev–Trinajstić information content (AvgIpc) is 2.87. The van der Waals surface area contributed by atoms with E-state index in [4.69, 9.17) is 9.47 Å². The molecule has 0 aromatic rings. The van der Waals surface area contributed by atoms with E-state index in [0.29, 0.717) is 12.5 Å². The molecule has 2 saturated heterocycles. The lowest BCUT2D eigenvalue weighted by atomic mass is 9.57. The lowest BCUT2D eigenvalue weighted by Gasteiger charge is -2.48. The van der Waals surface area contributed by atoms with Gasteiger partial charge in [0, 0.05) is 10.8 Å². The van der Waals surface area contributed by atoms with Crippen molar-refractivity contribution in [3.63, 3.8) is 0 Å². The second kappa shape index (κ2) is 2.99. The van der Waals surface area contributed by atoms with E-state index in [2.05, 4.69) is 20.8 Å². The van der Waals surface area contributed by atoms with E-state index in [1.807, 2.05) is 0 Å². The number of carbonyl (C=O) groups excluding carboxylic acids is 2. The lowest BCUT2D eigenvalue weighted by Crippen LogP contribution is -2.57. The van der Waals surface area contributed by atoms with Gasteiger partial charge >= 0.3 is 11.9 Å². The highest BCUT2D eigenvalue weighted by atomic mass is 16.6. The van der Waals surface area contributed by atoms with Gasteiger partial charge in [-0.05, 0) is 30.6 Å². The summed E-state index contributed by atoms with van der Waals surface area (Å²) in [6, 6.07) is 0. The van der Waals surface area contributed by atoms with Gasteiger partial charge in [0.1, 0.15) is 0 Å². The molecule has 4 heteroatoms. The Labute approximate surface area is 112 Å². The molecule has 104 valence electrons. The van der Waals surface area contributed by atoms with Crippen LogP contribution in [0.1, 0.15) is 40.0 Å². The van der Waals surface area contributed by atoms with Crippen molar-refractivity contribution in [1.29, 1.82) is 0 Å². The van der Waals surface area contributed by atoms with Crippen LogP contribution in [0.25, 0.3) is 0 Å². The van der Waals surface area contributed by atoms with Crippen LogP contribution in [0.2, 0.25) is 0 Å². The maximum absolute atomic E-state index is 12.2. The zero-order chi connectivity index (χ0) is 13.6. The molecule has 0 N–H and O–H groups in total. The van der Waals surface area contributed by atoms with E-state index in [1.165, 1.54) is 0 Å². The van der Waals surface area contributed by atoms with Crippen LogP contribution < -0.4 is 0 Å². The summed E-state index contributed by atoms with van der Waals surface area (Å²) in [4.78, 5) is 24.3. The number of rotatable bonds is 0. The van der Waals surface area contributed by atoms with Gasteiger partial charge in [-0.2, -0.15) is 0 Å². The molecular formula is C15H20O4. The molecule has 2 aliphatic heterocycles. The Morgan fingerprint density at radius 3 is 2.58 bits per heavy atom. The SMILES string of the molecule is CC1(C)C[C@]2(C)COC(=O)[C@H]3OC(=O)[C@@H]4CC[C@@H]1C342. The molecule has 0 amide bonds. The Morgan fingerprint density at radius 2 is 1.84 bits per heavy atom. The fraction of sp³-hybridized carbons (Fsp3) is 0.867. The van der Waals surface area contributed by atoms with Crippen molar-refractivity contribution in [3.8, 4) is 0 Å². The van der Waals surface area contributed by atoms with Gasteiger partial charge in [0.15, 0.2) is 0 Å². The largest absolute Gasteiger partial charge is 0.462 e. The number of hydrogen-bond acceptors (Lipinski definition) is 4. The lowest BCUT2D eigenvalue weighted by molar-refractivity contribution is -0.191. The molecule has 4 fully saturated rings. The number of esters is 2. The van der Waals surface area contributed by atoms with E-state index in [9.17, 15) is 9.59 Å². The van der Waals surface area contributed by atoms with Crippen LogP contribution in [-0.2, 0) is 19.1 Å². The third kappa shape index (κ3) is 1.02. The minimum Gasteiger partial charge on any atom is -0.462 e. The number of cyclic esters (lactones) is 1. The zero-order valence-electron chi connectivity index (χ0n) is 11.7. The molecule has 2 saturated carbocycles. The van der Waals surface area contributed by atoms with Crippen LogP contribution in [0.15, 0.2) is 0 Å². The molecule has 4 aliphatic rings. The third-order valence-corrected chi connectivity index (χ3v) is 6.43. The van der Waals surface area contributed by atoms with E-state index in [1.54, 1.807) is 0 Å². The second-order valence-electron chi connectivity index (χ2n) is 7.77. The highest BCUT2D eigenvalue weighted by Crippen LogP contribution is 2.76. The molecule has 1 spiro atoms. The summed E-state index contributed by atoms with van der Waals surface area (Å²) in [5.74, 6) is -0.199. The van der Waals surface area contributed by atoms with Gasteiger partial charge < -0.3 is 9.47 Å². The molecule has 0 radical (unpaired) electrons. The predicted octanol–water partition coefficient (Wildman–Crippen LogP) is 1.92. The average molecular weight is 264 g/mol. The van der Waals surface area contributed by atoms with Crippen molar-refractivity contribution < 1.29 is 19.1 Å². The summed E-state index contributed by atoms with van der Waals surface area (Å²) in [7, 11) is 0. The van der Waals surface area contributed by atoms with E-state index >= 15 is 0 Å². The summed E-state index contributed by atoms with van der Waals surface area (Å²) in [6.45, 7) is 7.16. The van der Waals surface area contributed by atoms with Gasteiger partial charge in [-0.1, -0.05) is 20.8 Å². The molecule has 1 unspecified atom stereocenters. The summed E-state index contributed by atoms with van der Waals surface area (Å²) in [5.41, 5.74) is -0.278. The standard InChI is InChI=1S/C15H20O4/c1-13(2)6-14(3)7-18-12(17)10-15(14)8(11(16)19-10)4-5-9(13)15/h8-10H,4-7H2,1-3H3/t8-,9-,10+,14+,15?/m0/s1.